The lowest BCUT2D eigenvalue weighted by molar-refractivity contribution is -0.385. The van der Waals surface area contributed by atoms with Gasteiger partial charge in [0.2, 0.25) is 0 Å². The molecule has 0 radical (unpaired) electrons. The largest absolute Gasteiger partial charge is 0.427 e. The number of carbonyl (C=O) groups is 1. The summed E-state index contributed by atoms with van der Waals surface area (Å²) in [6.07, 6.45) is 1.58. The van der Waals surface area contributed by atoms with Crippen molar-refractivity contribution in [3.63, 3.8) is 0 Å². The Morgan fingerprint density at radius 1 is 0.848 bits per heavy atom. The maximum absolute atomic E-state index is 14.2. The molecule has 5 rings (SSSR count). The summed E-state index contributed by atoms with van der Waals surface area (Å²) in [6, 6.07) is 25.5. The summed E-state index contributed by atoms with van der Waals surface area (Å²) < 4.78 is 34.5. The van der Waals surface area contributed by atoms with Crippen LogP contribution in [0.25, 0.3) is 11.3 Å². The van der Waals surface area contributed by atoms with Crippen molar-refractivity contribution in [2.24, 2.45) is 0 Å². The molecule has 232 valence electrons. The predicted molar refractivity (Wildman–Crippen MR) is 170 cm³/mol. The zero-order valence-electron chi connectivity index (χ0n) is 23.9. The molecule has 1 aromatic heterocycles. The minimum absolute atomic E-state index is 0.0363. The summed E-state index contributed by atoms with van der Waals surface area (Å²) in [5.41, 5.74) is 1.67. The fourth-order valence-electron chi connectivity index (χ4n) is 4.25. The molecule has 1 heterocycles. The number of nitro benzene ring substituents is 2. The highest BCUT2D eigenvalue weighted by Gasteiger charge is 2.31. The van der Waals surface area contributed by atoms with Crippen molar-refractivity contribution in [2.45, 2.75) is 23.1 Å². The fraction of sp³-hybridized carbons (Fsp3) is 0.0645. The normalized spacial score (nSPS) is 11.1. The predicted octanol–water partition coefficient (Wildman–Crippen LogP) is 6.38. The third-order valence-corrected chi connectivity index (χ3v) is 9.53. The van der Waals surface area contributed by atoms with Crippen molar-refractivity contribution in [3.05, 3.63) is 141 Å². The van der Waals surface area contributed by atoms with Crippen LogP contribution in [-0.2, 0) is 21.2 Å². The van der Waals surface area contributed by atoms with Crippen LogP contribution in [-0.4, -0.2) is 34.2 Å². The smallest absolute Gasteiger partial charge is 0.308 e. The molecule has 0 fully saturated rings. The number of benzene rings is 4. The molecule has 0 amide bonds. The molecule has 0 aliphatic rings. The van der Waals surface area contributed by atoms with E-state index in [0.29, 0.717) is 21.9 Å². The highest BCUT2D eigenvalue weighted by atomic mass is 32.3. The van der Waals surface area contributed by atoms with Gasteiger partial charge in [-0.25, -0.2) is 18.4 Å². The Morgan fingerprint density at radius 2 is 1.43 bits per heavy atom. The molecule has 46 heavy (non-hydrogen) atoms. The van der Waals surface area contributed by atoms with Gasteiger partial charge in [0.05, 0.1) is 32.3 Å². The van der Waals surface area contributed by atoms with Crippen molar-refractivity contribution in [1.82, 2.24) is 9.97 Å². The van der Waals surface area contributed by atoms with Crippen LogP contribution in [0.5, 0.6) is 5.75 Å². The minimum atomic E-state index is -4.44. The van der Waals surface area contributed by atoms with Gasteiger partial charge in [0.15, 0.2) is 5.82 Å². The van der Waals surface area contributed by atoms with E-state index in [2.05, 4.69) is 4.98 Å². The Kier molecular flexibility index (Phi) is 9.34. The number of non-ortho nitro benzene ring substituents is 2. The molecule has 0 aliphatic heterocycles. The van der Waals surface area contributed by atoms with Gasteiger partial charge in [-0.05, 0) is 54.1 Å². The van der Waals surface area contributed by atoms with Gasteiger partial charge in [-0.1, -0.05) is 30.3 Å². The van der Waals surface area contributed by atoms with Gasteiger partial charge in [-0.2, -0.15) is 3.71 Å². The van der Waals surface area contributed by atoms with Crippen LogP contribution in [0.2, 0.25) is 0 Å². The summed E-state index contributed by atoms with van der Waals surface area (Å²) in [6.45, 7) is 1.29. The molecule has 0 unspecified atom stereocenters. The molecule has 0 N–H and O–H groups in total. The Morgan fingerprint density at radius 3 is 2.00 bits per heavy atom. The van der Waals surface area contributed by atoms with Gasteiger partial charge in [-0.15, -0.1) is 0 Å². The van der Waals surface area contributed by atoms with E-state index in [4.69, 9.17) is 9.72 Å². The first kappa shape index (κ1) is 31.7. The van der Waals surface area contributed by atoms with Crippen LogP contribution in [0.3, 0.4) is 0 Å². The molecule has 13 nitrogen and oxygen atoms in total. The van der Waals surface area contributed by atoms with Crippen LogP contribution in [0.15, 0.2) is 119 Å². The first-order valence-electron chi connectivity index (χ1n) is 13.4. The minimum Gasteiger partial charge on any atom is -0.427 e. The van der Waals surface area contributed by atoms with Crippen molar-refractivity contribution in [3.8, 4) is 17.0 Å². The summed E-state index contributed by atoms with van der Waals surface area (Å²) in [5.74, 6) is -0.169. The molecule has 4 aromatic carbocycles. The second-order valence-electron chi connectivity index (χ2n) is 9.63. The fourth-order valence-corrected chi connectivity index (χ4v) is 6.90. The molecule has 0 saturated carbocycles. The lowest BCUT2D eigenvalue weighted by Gasteiger charge is -2.24. The van der Waals surface area contributed by atoms with Gasteiger partial charge in [0, 0.05) is 60.0 Å². The molecular formula is C31H23N5O8S2. The monoisotopic (exact) mass is 657 g/mol. The van der Waals surface area contributed by atoms with E-state index in [1.807, 2.05) is 30.3 Å². The number of sulfonamides is 1. The van der Waals surface area contributed by atoms with Gasteiger partial charge >= 0.3 is 5.97 Å². The van der Waals surface area contributed by atoms with E-state index in [0.717, 1.165) is 45.5 Å². The van der Waals surface area contributed by atoms with E-state index < -0.39 is 25.8 Å². The Balaban J connectivity index is 1.64. The highest BCUT2D eigenvalue weighted by Crippen LogP contribution is 2.37. The van der Waals surface area contributed by atoms with Crippen LogP contribution in [0.4, 0.5) is 17.2 Å². The lowest BCUT2D eigenvalue weighted by atomic mass is 10.1. The van der Waals surface area contributed by atoms with Crippen LogP contribution in [0, 0.1) is 20.2 Å². The number of esters is 1. The second-order valence-corrected chi connectivity index (χ2v) is 12.7. The molecule has 15 heteroatoms. The summed E-state index contributed by atoms with van der Waals surface area (Å²) in [5, 5.41) is 22.4. The van der Waals surface area contributed by atoms with E-state index in [1.165, 1.54) is 37.4 Å². The number of nitro groups is 2. The van der Waals surface area contributed by atoms with Gasteiger partial charge in [-0.3, -0.25) is 25.0 Å². The highest BCUT2D eigenvalue weighted by molar-refractivity contribution is 8.14. The lowest BCUT2D eigenvalue weighted by Crippen LogP contribution is -2.27. The Hall–Kier alpha value is -5.67. The summed E-state index contributed by atoms with van der Waals surface area (Å²) in [4.78, 5) is 42.0. The van der Waals surface area contributed by atoms with Crippen molar-refractivity contribution in [2.75, 3.05) is 3.71 Å². The molecular weight excluding hydrogens is 635 g/mol. The van der Waals surface area contributed by atoms with Crippen molar-refractivity contribution >= 4 is 45.1 Å². The van der Waals surface area contributed by atoms with E-state index >= 15 is 0 Å². The number of hydrogen-bond donors (Lipinski definition) is 0. The topological polar surface area (TPSA) is 176 Å². The van der Waals surface area contributed by atoms with Crippen molar-refractivity contribution in [1.29, 1.82) is 0 Å². The average Bonchev–Trinajstić information content (AvgIpc) is 3.04. The third kappa shape index (κ3) is 7.34. The first-order valence-corrected chi connectivity index (χ1v) is 15.6. The number of carbonyl (C=O) groups excluding carboxylic acids is 1. The van der Waals surface area contributed by atoms with Gasteiger partial charge < -0.3 is 4.74 Å². The molecule has 0 aliphatic carbocycles. The Labute approximate surface area is 267 Å². The van der Waals surface area contributed by atoms with Crippen LogP contribution >= 0.6 is 11.9 Å². The number of rotatable bonds is 11. The maximum atomic E-state index is 14.2. The Bertz CT molecular complexity index is 2010. The zero-order valence-corrected chi connectivity index (χ0v) is 25.6. The third-order valence-electron chi connectivity index (χ3n) is 6.42. The van der Waals surface area contributed by atoms with Crippen molar-refractivity contribution < 1.29 is 27.8 Å². The molecule has 5 aromatic rings. The van der Waals surface area contributed by atoms with Crippen LogP contribution < -0.4 is 8.45 Å². The number of anilines is 1. The molecule has 0 spiro atoms. The van der Waals surface area contributed by atoms with Crippen LogP contribution in [0.1, 0.15) is 18.2 Å². The number of aromatic nitrogens is 2. The van der Waals surface area contributed by atoms with Gasteiger partial charge in [0.1, 0.15) is 5.75 Å². The SMILES string of the molecule is CC(=O)Oc1ccc(-c2cnc(N(Sc3ccc([N+](=O)[O-])cc3)S(=O)(=O)c3ccc([N+](=O)[O-])cc3)c(Cc3ccccc3)n2)cc1. The maximum Gasteiger partial charge on any atom is 0.308 e. The van der Waals surface area contributed by atoms with E-state index in [-0.39, 0.29) is 34.2 Å². The quantitative estimate of drug-likeness (QED) is 0.0506. The molecule has 0 saturated heterocycles. The van der Waals surface area contributed by atoms with E-state index in [1.54, 1.807) is 24.3 Å². The zero-order chi connectivity index (χ0) is 32.8. The molecule has 0 bridgehead atoms. The number of hydrogen-bond acceptors (Lipinski definition) is 11. The average molecular weight is 658 g/mol. The number of nitrogens with zero attached hydrogens (tertiary/aromatic N) is 5. The summed E-state index contributed by atoms with van der Waals surface area (Å²) in [7, 11) is -4.44. The first-order chi connectivity index (χ1) is 22.0. The molecule has 0 atom stereocenters. The van der Waals surface area contributed by atoms with E-state index in [9.17, 15) is 33.4 Å². The number of ether oxygens (including phenoxy) is 1. The summed E-state index contributed by atoms with van der Waals surface area (Å²) >= 11 is 0.746. The second kappa shape index (κ2) is 13.5. The standard InChI is InChI=1S/C31H23N5O8S2/c1-21(37)44-26-13-7-23(8-14-26)30-20-32-31(29(33-30)19-22-5-3-2-4-6-22)36(45-27-15-9-24(10-16-27)34(38)39)46(42,43)28-17-11-25(12-18-28)35(40)41/h2-18,20H,19H2,1H3. The van der Waals surface area contributed by atoms with Gasteiger partial charge in [0.25, 0.3) is 21.4 Å².